The lowest BCUT2D eigenvalue weighted by atomic mass is 10.0. The van der Waals surface area contributed by atoms with Crippen LogP contribution in [0.4, 0.5) is 34.1 Å². The van der Waals surface area contributed by atoms with E-state index in [-0.39, 0.29) is 0 Å². The van der Waals surface area contributed by atoms with Crippen molar-refractivity contribution in [3.63, 3.8) is 0 Å². The summed E-state index contributed by atoms with van der Waals surface area (Å²) in [5.74, 6) is 0. The number of hydrogen-bond acceptors (Lipinski definition) is 2. The van der Waals surface area contributed by atoms with Gasteiger partial charge in [0.25, 0.3) is 0 Å². The highest BCUT2D eigenvalue weighted by Gasteiger charge is 2.19. The summed E-state index contributed by atoms with van der Waals surface area (Å²) in [4.78, 5) is 4.72. The molecule has 0 radical (unpaired) electrons. The van der Waals surface area contributed by atoms with E-state index in [0.717, 1.165) is 50.8 Å². The number of aromatic nitrogens is 1. The summed E-state index contributed by atoms with van der Waals surface area (Å²) >= 11 is 0. The highest BCUT2D eigenvalue weighted by molar-refractivity contribution is 6.10. The maximum atomic E-state index is 2.42. The molecule has 3 heteroatoms. The van der Waals surface area contributed by atoms with Crippen molar-refractivity contribution in [2.75, 3.05) is 9.80 Å². The van der Waals surface area contributed by atoms with E-state index < -0.39 is 0 Å². The minimum atomic E-state index is 1.07. The van der Waals surface area contributed by atoms with Gasteiger partial charge in [0.15, 0.2) is 0 Å². The summed E-state index contributed by atoms with van der Waals surface area (Å²) in [5, 5.41) is 2.42. The van der Waals surface area contributed by atoms with E-state index in [1.165, 1.54) is 55.3 Å². The standard InChI is InChI=1S/C66H47N3/c1-5-15-48(16-6-1)52-25-33-56(34-26-52)67(57-35-27-53(28-36-57)49-17-7-2-8-18-49)60-41-43-61(44-42-60)69-65-24-14-13-23-63(65)64-46-45-62(47-66(64)69)68(58-37-29-54(30-38-58)50-19-9-3-10-20-50)59-39-31-55(32-40-59)51-21-11-4-12-22-51/h1-47H. The smallest absolute Gasteiger partial charge is 0.0561 e. The Labute approximate surface area is 403 Å². The molecule has 0 aliphatic rings. The number of para-hydroxylation sites is 1. The molecule has 0 amide bonds. The molecule has 1 heterocycles. The SMILES string of the molecule is c1ccc(-c2ccc(N(c3ccc(-c4ccccc4)cc3)c3ccc(-n4c5ccccc5c5ccc(N(c6ccc(-c7ccccc7)cc6)c6ccc(-c7ccccc7)cc6)cc54)cc3)cc2)cc1. The van der Waals surface area contributed by atoms with Crippen LogP contribution in [-0.4, -0.2) is 4.57 Å². The molecule has 12 aromatic rings. The van der Waals surface area contributed by atoms with Crippen molar-refractivity contribution in [3.05, 3.63) is 285 Å². The molecule has 0 aliphatic carbocycles. The van der Waals surface area contributed by atoms with Gasteiger partial charge in [-0.2, -0.15) is 0 Å². The van der Waals surface area contributed by atoms with Crippen LogP contribution in [0.25, 0.3) is 72.0 Å². The summed E-state index contributed by atoms with van der Waals surface area (Å²) in [6.45, 7) is 0. The van der Waals surface area contributed by atoms with E-state index >= 15 is 0 Å². The molecule has 0 fully saturated rings. The van der Waals surface area contributed by atoms with Gasteiger partial charge in [-0.1, -0.05) is 194 Å². The first kappa shape index (κ1) is 41.3. The van der Waals surface area contributed by atoms with E-state index in [1.54, 1.807) is 0 Å². The van der Waals surface area contributed by atoms with Crippen LogP contribution in [-0.2, 0) is 0 Å². The van der Waals surface area contributed by atoms with Crippen molar-refractivity contribution < 1.29 is 0 Å². The molecule has 0 saturated carbocycles. The van der Waals surface area contributed by atoms with Crippen LogP contribution in [0.15, 0.2) is 285 Å². The van der Waals surface area contributed by atoms with E-state index in [1.807, 2.05) is 0 Å². The van der Waals surface area contributed by atoms with Crippen LogP contribution >= 0.6 is 0 Å². The zero-order valence-corrected chi connectivity index (χ0v) is 38.0. The highest BCUT2D eigenvalue weighted by atomic mass is 15.2. The molecule has 0 N–H and O–H groups in total. The van der Waals surface area contributed by atoms with Crippen LogP contribution < -0.4 is 9.80 Å². The predicted molar refractivity (Wildman–Crippen MR) is 292 cm³/mol. The van der Waals surface area contributed by atoms with Crippen LogP contribution in [0.1, 0.15) is 0 Å². The van der Waals surface area contributed by atoms with E-state index in [0.29, 0.717) is 0 Å². The number of nitrogens with zero attached hydrogens (tertiary/aromatic N) is 3. The van der Waals surface area contributed by atoms with Crippen LogP contribution in [0, 0.1) is 0 Å². The van der Waals surface area contributed by atoms with Crippen molar-refractivity contribution >= 4 is 55.9 Å². The zero-order valence-electron chi connectivity index (χ0n) is 38.0. The second kappa shape index (κ2) is 18.2. The lowest BCUT2D eigenvalue weighted by Gasteiger charge is -2.27. The average molecular weight is 882 g/mol. The molecule has 0 unspecified atom stereocenters. The number of fused-ring (bicyclic) bond motifs is 3. The third kappa shape index (κ3) is 8.13. The second-order valence-electron chi connectivity index (χ2n) is 17.4. The lowest BCUT2D eigenvalue weighted by Crippen LogP contribution is -2.10. The van der Waals surface area contributed by atoms with E-state index in [9.17, 15) is 0 Å². The molecular formula is C66H47N3. The molecule has 1 aromatic heterocycles. The van der Waals surface area contributed by atoms with Crippen LogP contribution in [0.2, 0.25) is 0 Å². The maximum absolute atomic E-state index is 2.42. The largest absolute Gasteiger partial charge is 0.311 e. The average Bonchev–Trinajstić information content (AvgIpc) is 3.76. The quantitative estimate of drug-likeness (QED) is 0.128. The van der Waals surface area contributed by atoms with E-state index in [2.05, 4.69) is 299 Å². The Kier molecular flexibility index (Phi) is 10.9. The molecule has 0 saturated heterocycles. The molecule has 0 bridgehead atoms. The zero-order chi connectivity index (χ0) is 45.9. The van der Waals surface area contributed by atoms with Gasteiger partial charge in [-0.25, -0.2) is 0 Å². The van der Waals surface area contributed by atoms with Gasteiger partial charge in [-0.15, -0.1) is 0 Å². The minimum absolute atomic E-state index is 1.07. The van der Waals surface area contributed by atoms with Gasteiger partial charge >= 0.3 is 0 Å². The molecule has 12 rings (SSSR count). The molecule has 3 nitrogen and oxygen atoms in total. The summed E-state index contributed by atoms with van der Waals surface area (Å²) in [6.07, 6.45) is 0. The Morgan fingerprint density at radius 1 is 0.203 bits per heavy atom. The summed E-state index contributed by atoms with van der Waals surface area (Å²) in [5.41, 5.74) is 19.4. The van der Waals surface area contributed by atoms with Gasteiger partial charge in [0.1, 0.15) is 0 Å². The summed E-state index contributed by atoms with van der Waals surface area (Å²) < 4.78 is 2.42. The first-order valence-electron chi connectivity index (χ1n) is 23.6. The highest BCUT2D eigenvalue weighted by Crippen LogP contribution is 2.42. The van der Waals surface area contributed by atoms with Crippen LogP contribution in [0.3, 0.4) is 0 Å². The lowest BCUT2D eigenvalue weighted by molar-refractivity contribution is 1.17. The molecule has 0 aliphatic heterocycles. The third-order valence-corrected chi connectivity index (χ3v) is 13.2. The van der Waals surface area contributed by atoms with Gasteiger partial charge in [0.2, 0.25) is 0 Å². The predicted octanol–water partition coefficient (Wildman–Crippen LogP) is 18.4. The van der Waals surface area contributed by atoms with Crippen molar-refractivity contribution in [2.24, 2.45) is 0 Å². The normalized spacial score (nSPS) is 11.2. The molecule has 69 heavy (non-hydrogen) atoms. The Balaban J connectivity index is 0.958. The van der Waals surface area contributed by atoms with Gasteiger partial charge < -0.3 is 14.4 Å². The van der Waals surface area contributed by atoms with Gasteiger partial charge in [-0.3, -0.25) is 0 Å². The number of rotatable bonds is 11. The molecule has 326 valence electrons. The fourth-order valence-corrected chi connectivity index (χ4v) is 9.76. The fraction of sp³-hybridized carbons (Fsp3) is 0. The molecule has 11 aromatic carbocycles. The Morgan fingerprint density at radius 2 is 0.478 bits per heavy atom. The monoisotopic (exact) mass is 881 g/mol. The molecular weight excluding hydrogens is 835 g/mol. The Bertz CT molecular complexity index is 3480. The summed E-state index contributed by atoms with van der Waals surface area (Å²) in [7, 11) is 0. The van der Waals surface area contributed by atoms with Gasteiger partial charge in [0, 0.05) is 50.6 Å². The van der Waals surface area contributed by atoms with E-state index in [4.69, 9.17) is 0 Å². The Hall–Kier alpha value is -9.18. The minimum Gasteiger partial charge on any atom is -0.311 e. The first-order valence-corrected chi connectivity index (χ1v) is 23.6. The van der Waals surface area contributed by atoms with Crippen molar-refractivity contribution in [1.82, 2.24) is 4.57 Å². The Morgan fingerprint density at radius 3 is 0.855 bits per heavy atom. The van der Waals surface area contributed by atoms with Crippen molar-refractivity contribution in [2.45, 2.75) is 0 Å². The van der Waals surface area contributed by atoms with Gasteiger partial charge in [-0.05, 0) is 136 Å². The molecule has 0 atom stereocenters. The fourth-order valence-electron chi connectivity index (χ4n) is 9.76. The topological polar surface area (TPSA) is 11.4 Å². The van der Waals surface area contributed by atoms with Crippen molar-refractivity contribution in [1.29, 1.82) is 0 Å². The number of benzene rings is 11. The maximum Gasteiger partial charge on any atom is 0.0561 e. The number of hydrogen-bond donors (Lipinski definition) is 0. The molecule has 0 spiro atoms. The number of anilines is 6. The summed E-state index contributed by atoms with van der Waals surface area (Å²) in [6, 6.07) is 103. The van der Waals surface area contributed by atoms with Crippen LogP contribution in [0.5, 0.6) is 0 Å². The van der Waals surface area contributed by atoms with Gasteiger partial charge in [0.05, 0.1) is 11.0 Å². The third-order valence-electron chi connectivity index (χ3n) is 13.2. The first-order chi connectivity index (χ1) is 34.2. The second-order valence-corrected chi connectivity index (χ2v) is 17.4. The van der Waals surface area contributed by atoms with Crippen molar-refractivity contribution in [3.8, 4) is 50.2 Å².